The van der Waals surface area contributed by atoms with Gasteiger partial charge < -0.3 is 24.8 Å². The van der Waals surface area contributed by atoms with Crippen LogP contribution in [0, 0.1) is 0 Å². The van der Waals surface area contributed by atoms with Crippen LogP contribution < -0.4 is 0 Å². The highest BCUT2D eigenvalue weighted by molar-refractivity contribution is 5.92. The van der Waals surface area contributed by atoms with E-state index >= 15 is 0 Å². The zero-order chi connectivity index (χ0) is 16.8. The molecule has 2 bridgehead atoms. The van der Waals surface area contributed by atoms with Gasteiger partial charge in [0, 0.05) is 6.42 Å². The molecule has 0 aliphatic carbocycles. The molecule has 0 saturated carbocycles. The van der Waals surface area contributed by atoms with Gasteiger partial charge in [-0.25, -0.2) is 9.59 Å². The molecule has 1 amide bonds. The van der Waals surface area contributed by atoms with Crippen LogP contribution in [-0.4, -0.2) is 69.3 Å². The summed E-state index contributed by atoms with van der Waals surface area (Å²) in [5.41, 5.74) is -1.00. The summed E-state index contributed by atoms with van der Waals surface area (Å²) in [7, 11) is 1.13. The SMILES string of the molecule is COC(=O)C1=C(O)C[C@@H]2[C@@H](O)[C@@H](O)[C@H]1N2C(=O)OC(C)(C)C. The molecule has 2 aliphatic heterocycles. The molecule has 0 radical (unpaired) electrons. The molecule has 0 aromatic heterocycles. The summed E-state index contributed by atoms with van der Waals surface area (Å²) in [6.07, 6.45) is -3.62. The van der Waals surface area contributed by atoms with Crippen LogP contribution in [0.25, 0.3) is 0 Å². The Morgan fingerprint density at radius 1 is 1.23 bits per heavy atom. The van der Waals surface area contributed by atoms with E-state index in [1.807, 2.05) is 0 Å². The van der Waals surface area contributed by atoms with E-state index in [2.05, 4.69) is 4.74 Å². The normalized spacial score (nSPS) is 31.3. The summed E-state index contributed by atoms with van der Waals surface area (Å²) in [6.45, 7) is 5.04. The van der Waals surface area contributed by atoms with Gasteiger partial charge in [0.1, 0.15) is 23.6 Å². The van der Waals surface area contributed by atoms with Crippen molar-refractivity contribution in [1.29, 1.82) is 0 Å². The first-order valence-corrected chi connectivity index (χ1v) is 6.96. The fourth-order valence-corrected chi connectivity index (χ4v) is 2.87. The number of aliphatic hydroxyl groups is 3. The second-order valence-corrected chi connectivity index (χ2v) is 6.44. The van der Waals surface area contributed by atoms with Crippen LogP contribution in [0.2, 0.25) is 0 Å². The Morgan fingerprint density at radius 2 is 1.82 bits per heavy atom. The van der Waals surface area contributed by atoms with E-state index in [-0.39, 0.29) is 17.8 Å². The summed E-state index contributed by atoms with van der Waals surface area (Å²) in [4.78, 5) is 25.3. The second kappa shape index (κ2) is 5.44. The highest BCUT2D eigenvalue weighted by atomic mass is 16.6. The van der Waals surface area contributed by atoms with Crippen molar-refractivity contribution >= 4 is 12.1 Å². The Hall–Kier alpha value is -1.80. The van der Waals surface area contributed by atoms with Gasteiger partial charge in [0.25, 0.3) is 0 Å². The number of ether oxygens (including phenoxy) is 2. The monoisotopic (exact) mass is 315 g/mol. The van der Waals surface area contributed by atoms with Gasteiger partial charge in [-0.15, -0.1) is 0 Å². The van der Waals surface area contributed by atoms with Crippen molar-refractivity contribution in [3.8, 4) is 0 Å². The van der Waals surface area contributed by atoms with Crippen LogP contribution >= 0.6 is 0 Å². The molecular formula is C14H21NO7. The minimum atomic E-state index is -1.41. The number of fused-ring (bicyclic) bond motifs is 2. The van der Waals surface area contributed by atoms with Gasteiger partial charge >= 0.3 is 12.1 Å². The molecule has 0 aromatic carbocycles. The molecule has 2 rings (SSSR count). The maximum absolute atomic E-state index is 12.4. The largest absolute Gasteiger partial charge is 0.512 e. The molecule has 3 N–H and O–H groups in total. The zero-order valence-electron chi connectivity index (χ0n) is 12.9. The fraction of sp³-hybridized carbons (Fsp3) is 0.714. The van der Waals surface area contributed by atoms with Crippen LogP contribution in [-0.2, 0) is 14.3 Å². The molecule has 124 valence electrons. The second-order valence-electron chi connectivity index (χ2n) is 6.44. The van der Waals surface area contributed by atoms with Crippen molar-refractivity contribution < 1.29 is 34.4 Å². The van der Waals surface area contributed by atoms with Gasteiger partial charge in [-0.3, -0.25) is 4.90 Å². The average Bonchev–Trinajstić information content (AvgIpc) is 2.58. The minimum absolute atomic E-state index is 0.154. The Labute approximate surface area is 127 Å². The number of methoxy groups -OCH3 is 1. The van der Waals surface area contributed by atoms with Crippen molar-refractivity contribution in [2.45, 2.75) is 57.1 Å². The van der Waals surface area contributed by atoms with E-state index in [1.165, 1.54) is 0 Å². The third-order valence-electron chi connectivity index (χ3n) is 3.74. The first-order valence-electron chi connectivity index (χ1n) is 6.96. The Bertz CT molecular complexity index is 522. The first-order chi connectivity index (χ1) is 10.1. The number of carbonyl (C=O) groups excluding carboxylic acids is 2. The smallest absolute Gasteiger partial charge is 0.411 e. The lowest BCUT2D eigenvalue weighted by Gasteiger charge is -2.36. The lowest BCUT2D eigenvalue weighted by atomic mass is 9.99. The number of hydrogen-bond donors (Lipinski definition) is 3. The third-order valence-corrected chi connectivity index (χ3v) is 3.74. The Balaban J connectivity index is 2.40. The Kier molecular flexibility index (Phi) is 4.09. The molecule has 0 unspecified atom stereocenters. The summed E-state index contributed by atoms with van der Waals surface area (Å²) in [6, 6.07) is -2.06. The number of nitrogens with zero attached hydrogens (tertiary/aromatic N) is 1. The fourth-order valence-electron chi connectivity index (χ4n) is 2.87. The van der Waals surface area contributed by atoms with E-state index in [1.54, 1.807) is 20.8 Å². The van der Waals surface area contributed by atoms with E-state index in [0.717, 1.165) is 12.0 Å². The summed E-state index contributed by atoms with van der Waals surface area (Å²) in [5, 5.41) is 30.2. The molecule has 8 nitrogen and oxygen atoms in total. The van der Waals surface area contributed by atoms with Gasteiger partial charge in [0.05, 0.1) is 24.8 Å². The van der Waals surface area contributed by atoms with Gasteiger partial charge in [-0.2, -0.15) is 0 Å². The average molecular weight is 315 g/mol. The number of amides is 1. The number of esters is 1. The van der Waals surface area contributed by atoms with Gasteiger partial charge in [-0.05, 0) is 20.8 Å². The van der Waals surface area contributed by atoms with Crippen LogP contribution in [0.5, 0.6) is 0 Å². The van der Waals surface area contributed by atoms with Crippen LogP contribution in [0.15, 0.2) is 11.3 Å². The number of carbonyl (C=O) groups is 2. The summed E-state index contributed by atoms with van der Waals surface area (Å²) in [5.74, 6) is -1.15. The minimum Gasteiger partial charge on any atom is -0.512 e. The molecular weight excluding hydrogens is 294 g/mol. The van der Waals surface area contributed by atoms with Crippen LogP contribution in [0.3, 0.4) is 0 Å². The zero-order valence-corrected chi connectivity index (χ0v) is 12.9. The van der Waals surface area contributed by atoms with Gasteiger partial charge in [0.2, 0.25) is 0 Å². The standard InChI is InChI=1S/C14H21NO7/c1-14(2,3)22-13(20)15-6-5-7(16)8(12(19)21-4)9(15)11(18)10(6)17/h6,9-11,16-18H,5H2,1-4H3/t6-,9+,10-,11+/m1/s1. The predicted molar refractivity (Wildman–Crippen MR) is 74.0 cm³/mol. The Morgan fingerprint density at radius 3 is 2.32 bits per heavy atom. The summed E-state index contributed by atoms with van der Waals surface area (Å²) >= 11 is 0. The number of aliphatic hydroxyl groups excluding tert-OH is 3. The lowest BCUT2D eigenvalue weighted by Crippen LogP contribution is -2.51. The highest BCUT2D eigenvalue weighted by Gasteiger charge is 2.57. The molecule has 1 fully saturated rings. The number of hydrogen-bond acceptors (Lipinski definition) is 7. The summed E-state index contributed by atoms with van der Waals surface area (Å²) < 4.78 is 9.85. The lowest BCUT2D eigenvalue weighted by molar-refractivity contribution is -0.137. The first kappa shape index (κ1) is 16.6. The topological polar surface area (TPSA) is 117 Å². The van der Waals surface area contributed by atoms with E-state index < -0.39 is 42.0 Å². The molecule has 8 heteroatoms. The van der Waals surface area contributed by atoms with Gasteiger partial charge in [-0.1, -0.05) is 0 Å². The number of rotatable bonds is 1. The van der Waals surface area contributed by atoms with Crippen molar-refractivity contribution in [3.05, 3.63) is 11.3 Å². The molecule has 2 heterocycles. The van der Waals surface area contributed by atoms with E-state index in [9.17, 15) is 24.9 Å². The quantitative estimate of drug-likeness (QED) is 0.587. The molecule has 4 atom stereocenters. The maximum Gasteiger partial charge on any atom is 0.411 e. The predicted octanol–water partition coefficient (Wildman–Crippen LogP) is 0.0849. The van der Waals surface area contributed by atoms with Crippen molar-refractivity contribution in [1.82, 2.24) is 4.90 Å². The van der Waals surface area contributed by atoms with Crippen molar-refractivity contribution in [2.75, 3.05) is 7.11 Å². The van der Waals surface area contributed by atoms with E-state index in [0.29, 0.717) is 0 Å². The van der Waals surface area contributed by atoms with Gasteiger partial charge in [0.15, 0.2) is 0 Å². The maximum atomic E-state index is 12.4. The highest BCUT2D eigenvalue weighted by Crippen LogP contribution is 2.40. The third kappa shape index (κ3) is 2.64. The van der Waals surface area contributed by atoms with Crippen LogP contribution in [0.4, 0.5) is 4.79 Å². The van der Waals surface area contributed by atoms with Crippen molar-refractivity contribution in [3.63, 3.8) is 0 Å². The molecule has 2 aliphatic rings. The molecule has 1 saturated heterocycles. The van der Waals surface area contributed by atoms with E-state index in [4.69, 9.17) is 4.74 Å². The van der Waals surface area contributed by atoms with Crippen LogP contribution in [0.1, 0.15) is 27.2 Å². The molecule has 0 aromatic rings. The molecule has 22 heavy (non-hydrogen) atoms. The molecule has 0 spiro atoms. The van der Waals surface area contributed by atoms with Crippen molar-refractivity contribution in [2.24, 2.45) is 0 Å².